The third-order valence-electron chi connectivity index (χ3n) is 5.49. The highest BCUT2D eigenvalue weighted by molar-refractivity contribution is 6.08. The number of H-pyrrole nitrogens is 1. The normalized spacial score (nSPS) is 24.0. The van der Waals surface area contributed by atoms with Gasteiger partial charge in [-0.2, -0.15) is 0 Å². The predicted molar refractivity (Wildman–Crippen MR) is 96.0 cm³/mol. The molecule has 1 aromatic carbocycles. The van der Waals surface area contributed by atoms with Gasteiger partial charge in [-0.15, -0.1) is 0 Å². The number of nitrogens with one attached hydrogen (secondary N) is 2. The summed E-state index contributed by atoms with van der Waals surface area (Å²) in [5.74, 6) is -0.485. The average molecular weight is 352 g/mol. The molecule has 1 saturated heterocycles. The van der Waals surface area contributed by atoms with Crippen LogP contribution >= 0.6 is 0 Å². The monoisotopic (exact) mass is 352 g/mol. The Morgan fingerprint density at radius 2 is 2.15 bits per heavy atom. The van der Waals surface area contributed by atoms with E-state index in [2.05, 4.69) is 15.3 Å². The van der Waals surface area contributed by atoms with Crippen LogP contribution in [0.2, 0.25) is 0 Å². The van der Waals surface area contributed by atoms with E-state index < -0.39 is 16.9 Å². The molecule has 2 atom stereocenters. The van der Waals surface area contributed by atoms with E-state index in [1.54, 1.807) is 4.90 Å². The summed E-state index contributed by atoms with van der Waals surface area (Å²) in [7, 11) is 0. The van der Waals surface area contributed by atoms with Crippen molar-refractivity contribution in [3.8, 4) is 0 Å². The van der Waals surface area contributed by atoms with Crippen LogP contribution in [0.4, 0.5) is 5.69 Å². The van der Waals surface area contributed by atoms with E-state index in [4.69, 9.17) is 0 Å². The molecule has 3 heterocycles. The number of carbonyl (C=O) groups excluding carboxylic acids is 2. The zero-order valence-corrected chi connectivity index (χ0v) is 14.5. The molecule has 2 aromatic rings. The van der Waals surface area contributed by atoms with Crippen molar-refractivity contribution in [1.29, 1.82) is 0 Å². The first kappa shape index (κ1) is 16.5. The maximum absolute atomic E-state index is 13.0. The fourth-order valence-corrected chi connectivity index (χ4v) is 4.36. The van der Waals surface area contributed by atoms with E-state index in [0.29, 0.717) is 19.4 Å². The highest BCUT2D eigenvalue weighted by Crippen LogP contribution is 2.49. The fourth-order valence-electron chi connectivity index (χ4n) is 4.36. The van der Waals surface area contributed by atoms with Crippen molar-refractivity contribution in [2.75, 3.05) is 11.9 Å². The molecule has 7 nitrogen and oxygen atoms in total. The number of likely N-dealkylation sites (tertiary alicyclic amines) is 1. The molecule has 4 rings (SSSR count). The lowest BCUT2D eigenvalue weighted by atomic mass is 9.73. The molecular weight excluding hydrogens is 332 g/mol. The second-order valence-corrected chi connectivity index (χ2v) is 6.79. The van der Waals surface area contributed by atoms with Gasteiger partial charge in [-0.25, -0.2) is 4.98 Å². The summed E-state index contributed by atoms with van der Waals surface area (Å²) < 4.78 is 0. The van der Waals surface area contributed by atoms with Gasteiger partial charge in [0.05, 0.1) is 11.5 Å². The zero-order chi connectivity index (χ0) is 18.3. The second-order valence-electron chi connectivity index (χ2n) is 6.79. The number of hydrogen-bond donors (Lipinski definition) is 2. The Kier molecular flexibility index (Phi) is 3.86. The molecule has 2 amide bonds. The van der Waals surface area contributed by atoms with Crippen molar-refractivity contribution in [3.05, 3.63) is 58.3 Å². The summed E-state index contributed by atoms with van der Waals surface area (Å²) in [5.41, 5.74) is 0.351. The topological polar surface area (TPSA) is 95.2 Å². The average Bonchev–Trinajstić information content (AvgIpc) is 3.15. The summed E-state index contributed by atoms with van der Waals surface area (Å²) in [5, 5.41) is 2.97. The number of amides is 2. The van der Waals surface area contributed by atoms with Crippen LogP contribution in [-0.4, -0.2) is 39.3 Å². The van der Waals surface area contributed by atoms with Crippen LogP contribution in [0.3, 0.4) is 0 Å². The van der Waals surface area contributed by atoms with Crippen molar-refractivity contribution in [2.24, 2.45) is 0 Å². The second kappa shape index (κ2) is 6.09. The number of benzene rings is 1. The first-order valence-corrected chi connectivity index (χ1v) is 8.85. The number of para-hydroxylation sites is 1. The molecular formula is C19H20N4O3. The predicted octanol–water partition coefficient (Wildman–Crippen LogP) is 1.67. The third kappa shape index (κ3) is 2.20. The molecule has 0 bridgehead atoms. The van der Waals surface area contributed by atoms with E-state index in [1.807, 2.05) is 31.2 Å². The van der Waals surface area contributed by atoms with Gasteiger partial charge in [0.2, 0.25) is 5.91 Å². The smallest absolute Gasteiger partial charge is 0.279 e. The van der Waals surface area contributed by atoms with Crippen molar-refractivity contribution in [1.82, 2.24) is 14.9 Å². The minimum Gasteiger partial charge on any atom is -0.333 e. The Hall–Kier alpha value is -2.96. The van der Waals surface area contributed by atoms with E-state index in [1.165, 1.54) is 12.4 Å². The maximum Gasteiger partial charge on any atom is 0.279 e. The minimum absolute atomic E-state index is 0.0672. The number of carbonyl (C=O) groups is 2. The van der Waals surface area contributed by atoms with Crippen molar-refractivity contribution in [2.45, 2.75) is 37.6 Å². The first-order valence-electron chi connectivity index (χ1n) is 8.85. The van der Waals surface area contributed by atoms with Crippen LogP contribution in [0.25, 0.3) is 0 Å². The number of aromatic nitrogens is 2. The van der Waals surface area contributed by atoms with E-state index in [9.17, 15) is 14.4 Å². The van der Waals surface area contributed by atoms with Crippen LogP contribution in [0, 0.1) is 0 Å². The van der Waals surface area contributed by atoms with Gasteiger partial charge in [0, 0.05) is 24.6 Å². The van der Waals surface area contributed by atoms with Gasteiger partial charge in [0.1, 0.15) is 0 Å². The molecule has 7 heteroatoms. The van der Waals surface area contributed by atoms with Crippen molar-refractivity contribution in [3.63, 3.8) is 0 Å². The standard InChI is InChI=1S/C19H20N4O3/c1-2-5-14-19(12-6-3-4-7-13(12)22-18(19)26)8-11-23(14)17(25)15-16(24)21-10-9-20-15/h3-4,6-7,9-10,14H,2,5,8,11H2,1H3,(H,21,24)(H,22,26)/t14-,19+/m0/s1. The lowest BCUT2D eigenvalue weighted by Gasteiger charge is -2.33. The summed E-state index contributed by atoms with van der Waals surface area (Å²) >= 11 is 0. The number of rotatable bonds is 3. The Balaban J connectivity index is 1.79. The van der Waals surface area contributed by atoms with Gasteiger partial charge in [0.25, 0.3) is 11.5 Å². The molecule has 1 aromatic heterocycles. The van der Waals surface area contributed by atoms with Gasteiger partial charge >= 0.3 is 0 Å². The van der Waals surface area contributed by atoms with E-state index in [0.717, 1.165) is 17.7 Å². The summed E-state index contributed by atoms with van der Waals surface area (Å²) in [4.78, 5) is 46.1. The van der Waals surface area contributed by atoms with Crippen LogP contribution in [0.1, 0.15) is 42.2 Å². The van der Waals surface area contributed by atoms with Gasteiger partial charge in [-0.05, 0) is 24.5 Å². The van der Waals surface area contributed by atoms with Crippen molar-refractivity contribution < 1.29 is 9.59 Å². The molecule has 0 aliphatic carbocycles. The summed E-state index contributed by atoms with van der Waals surface area (Å²) in [6.07, 6.45) is 4.83. The number of fused-ring (bicyclic) bond motifs is 2. The van der Waals surface area contributed by atoms with Crippen LogP contribution in [0.15, 0.2) is 41.5 Å². The largest absolute Gasteiger partial charge is 0.333 e. The van der Waals surface area contributed by atoms with E-state index >= 15 is 0 Å². The number of hydrogen-bond acceptors (Lipinski definition) is 4. The zero-order valence-electron chi connectivity index (χ0n) is 14.5. The third-order valence-corrected chi connectivity index (χ3v) is 5.49. The molecule has 1 spiro atoms. The molecule has 2 N–H and O–H groups in total. The van der Waals surface area contributed by atoms with Gasteiger partial charge < -0.3 is 15.2 Å². The van der Waals surface area contributed by atoms with Crippen LogP contribution in [-0.2, 0) is 10.2 Å². The van der Waals surface area contributed by atoms with Gasteiger partial charge in [-0.3, -0.25) is 14.4 Å². The number of anilines is 1. The van der Waals surface area contributed by atoms with Crippen LogP contribution in [0.5, 0.6) is 0 Å². The molecule has 0 saturated carbocycles. The highest BCUT2D eigenvalue weighted by atomic mass is 16.2. The quantitative estimate of drug-likeness (QED) is 0.878. The molecule has 0 unspecified atom stereocenters. The van der Waals surface area contributed by atoms with Crippen molar-refractivity contribution >= 4 is 17.5 Å². The number of nitrogens with zero attached hydrogens (tertiary/aromatic N) is 2. The fraction of sp³-hybridized carbons (Fsp3) is 0.368. The van der Waals surface area contributed by atoms with Gasteiger partial charge in [0.15, 0.2) is 5.69 Å². The molecule has 0 radical (unpaired) electrons. The first-order chi connectivity index (χ1) is 12.6. The van der Waals surface area contributed by atoms with E-state index in [-0.39, 0.29) is 17.6 Å². The molecule has 26 heavy (non-hydrogen) atoms. The Morgan fingerprint density at radius 3 is 2.92 bits per heavy atom. The Morgan fingerprint density at radius 1 is 1.35 bits per heavy atom. The molecule has 134 valence electrons. The maximum atomic E-state index is 13.0. The summed E-state index contributed by atoms with van der Waals surface area (Å²) in [6.45, 7) is 2.45. The Bertz CT molecular complexity index is 938. The van der Waals surface area contributed by atoms with Gasteiger partial charge in [-0.1, -0.05) is 31.5 Å². The molecule has 1 fully saturated rings. The lowest BCUT2D eigenvalue weighted by molar-refractivity contribution is -0.121. The summed E-state index contributed by atoms with van der Waals surface area (Å²) in [6, 6.07) is 7.34. The SMILES string of the molecule is CCC[C@@H]1N(C(=O)c2ncc[nH]c2=O)CC[C@]12C(=O)Nc1ccccc12. The lowest BCUT2D eigenvalue weighted by Crippen LogP contribution is -2.49. The highest BCUT2D eigenvalue weighted by Gasteiger charge is 2.58. The minimum atomic E-state index is -0.760. The van der Waals surface area contributed by atoms with Crippen LogP contribution < -0.4 is 10.9 Å². The number of aromatic amines is 1. The Labute approximate surface area is 150 Å². The molecule has 2 aliphatic heterocycles. The molecule has 2 aliphatic rings.